The number of hydrogen-bond donors (Lipinski definition) is 2. The third kappa shape index (κ3) is 5.26. The molecule has 2 rings (SSSR count). The minimum atomic E-state index is -0.516. The summed E-state index contributed by atoms with van der Waals surface area (Å²) in [6.45, 7) is 4.96. The molecule has 2 N–H and O–H groups in total. The number of hydrogen-bond acceptors (Lipinski definition) is 3. The van der Waals surface area contributed by atoms with Crippen molar-refractivity contribution < 1.29 is 9.84 Å². The molecule has 0 spiro atoms. The van der Waals surface area contributed by atoms with Crippen LogP contribution in [0.5, 0.6) is 0 Å². The fraction of sp³-hybridized carbons (Fsp3) is 0.368. The van der Waals surface area contributed by atoms with Gasteiger partial charge in [0.2, 0.25) is 0 Å². The summed E-state index contributed by atoms with van der Waals surface area (Å²) >= 11 is 0. The predicted molar refractivity (Wildman–Crippen MR) is 89.8 cm³/mol. The Morgan fingerprint density at radius 1 is 0.909 bits per heavy atom. The fourth-order valence-corrected chi connectivity index (χ4v) is 2.28. The van der Waals surface area contributed by atoms with Crippen molar-refractivity contribution in [1.29, 1.82) is 0 Å². The molecule has 0 amide bonds. The largest absolute Gasteiger partial charge is 0.389 e. The molecule has 0 saturated carbocycles. The first-order valence-corrected chi connectivity index (χ1v) is 7.79. The Morgan fingerprint density at radius 3 is 1.86 bits per heavy atom. The van der Waals surface area contributed by atoms with Gasteiger partial charge in [-0.2, -0.15) is 0 Å². The number of ether oxygens (including phenoxy) is 1. The summed E-state index contributed by atoms with van der Waals surface area (Å²) < 4.78 is 6.02. The van der Waals surface area contributed by atoms with E-state index in [0.717, 1.165) is 11.1 Å². The smallest absolute Gasteiger partial charge is 0.108 e. The van der Waals surface area contributed by atoms with Gasteiger partial charge in [-0.05, 0) is 11.1 Å². The van der Waals surface area contributed by atoms with Crippen molar-refractivity contribution in [2.45, 2.75) is 32.1 Å². The molecule has 0 aromatic heterocycles. The van der Waals surface area contributed by atoms with E-state index in [4.69, 9.17) is 4.74 Å². The lowest BCUT2D eigenvalue weighted by atomic mass is 10.0. The van der Waals surface area contributed by atoms with E-state index in [2.05, 4.69) is 43.4 Å². The van der Waals surface area contributed by atoms with Crippen LogP contribution in [-0.2, 0) is 4.74 Å². The lowest BCUT2D eigenvalue weighted by Gasteiger charge is -2.21. The molecule has 0 aliphatic carbocycles. The van der Waals surface area contributed by atoms with Gasteiger partial charge in [-0.15, -0.1) is 0 Å². The van der Waals surface area contributed by atoms with Crippen molar-refractivity contribution in [3.8, 4) is 0 Å². The first-order valence-electron chi connectivity index (χ1n) is 7.79. The second-order valence-corrected chi connectivity index (χ2v) is 5.75. The Balaban J connectivity index is 2.03. The maximum atomic E-state index is 10.1. The molecule has 0 heterocycles. The van der Waals surface area contributed by atoms with Gasteiger partial charge in [-0.25, -0.2) is 0 Å². The number of nitrogens with one attached hydrogen (secondary N) is 1. The molecule has 1 atom stereocenters. The summed E-state index contributed by atoms with van der Waals surface area (Å²) in [6.07, 6.45) is -0.673. The van der Waals surface area contributed by atoms with Crippen molar-refractivity contribution in [1.82, 2.24) is 5.32 Å². The second kappa shape index (κ2) is 8.69. The van der Waals surface area contributed by atoms with Crippen LogP contribution in [0.15, 0.2) is 60.7 Å². The van der Waals surface area contributed by atoms with Crippen LogP contribution in [0.2, 0.25) is 0 Å². The average Bonchev–Trinajstić information content (AvgIpc) is 2.55. The number of aliphatic hydroxyl groups is 1. The molecular formula is C19H25NO2. The normalized spacial score (nSPS) is 12.8. The van der Waals surface area contributed by atoms with E-state index >= 15 is 0 Å². The molecule has 0 bridgehead atoms. The number of rotatable bonds is 8. The van der Waals surface area contributed by atoms with Crippen molar-refractivity contribution in [2.75, 3.05) is 13.2 Å². The first-order chi connectivity index (χ1) is 10.7. The van der Waals surface area contributed by atoms with Gasteiger partial charge >= 0.3 is 0 Å². The second-order valence-electron chi connectivity index (χ2n) is 5.75. The summed E-state index contributed by atoms with van der Waals surface area (Å²) in [5, 5.41) is 13.3. The molecule has 3 nitrogen and oxygen atoms in total. The van der Waals surface area contributed by atoms with Gasteiger partial charge in [0.1, 0.15) is 6.10 Å². The summed E-state index contributed by atoms with van der Waals surface area (Å²) in [5.74, 6) is 0. The molecule has 0 saturated heterocycles. The minimum Gasteiger partial charge on any atom is -0.389 e. The molecule has 22 heavy (non-hydrogen) atoms. The van der Waals surface area contributed by atoms with E-state index in [1.165, 1.54) is 0 Å². The van der Waals surface area contributed by atoms with Gasteiger partial charge < -0.3 is 15.2 Å². The van der Waals surface area contributed by atoms with Crippen LogP contribution in [0.1, 0.15) is 31.1 Å². The first kappa shape index (κ1) is 16.7. The van der Waals surface area contributed by atoms with Crippen LogP contribution in [-0.4, -0.2) is 30.4 Å². The van der Waals surface area contributed by atoms with Crippen molar-refractivity contribution in [2.24, 2.45) is 0 Å². The van der Waals surface area contributed by atoms with Crippen LogP contribution in [0, 0.1) is 0 Å². The van der Waals surface area contributed by atoms with Gasteiger partial charge in [-0.3, -0.25) is 0 Å². The molecule has 118 valence electrons. The maximum Gasteiger partial charge on any atom is 0.108 e. The topological polar surface area (TPSA) is 41.5 Å². The van der Waals surface area contributed by atoms with Gasteiger partial charge in [0.25, 0.3) is 0 Å². The van der Waals surface area contributed by atoms with Crippen LogP contribution in [0.25, 0.3) is 0 Å². The zero-order chi connectivity index (χ0) is 15.8. The molecular weight excluding hydrogens is 274 g/mol. The summed E-state index contributed by atoms with van der Waals surface area (Å²) in [7, 11) is 0. The van der Waals surface area contributed by atoms with Gasteiger partial charge in [0.05, 0.1) is 12.7 Å². The third-order valence-corrected chi connectivity index (χ3v) is 3.42. The van der Waals surface area contributed by atoms with E-state index in [0.29, 0.717) is 19.2 Å². The molecule has 0 fully saturated rings. The van der Waals surface area contributed by atoms with Crippen LogP contribution < -0.4 is 5.32 Å². The predicted octanol–water partition coefficient (Wildman–Crippen LogP) is 3.15. The third-order valence-electron chi connectivity index (χ3n) is 3.42. The van der Waals surface area contributed by atoms with E-state index in [-0.39, 0.29) is 6.10 Å². The van der Waals surface area contributed by atoms with Crippen molar-refractivity contribution in [3.63, 3.8) is 0 Å². The van der Waals surface area contributed by atoms with Crippen molar-refractivity contribution in [3.05, 3.63) is 71.8 Å². The molecule has 0 aliphatic heterocycles. The molecule has 2 aromatic rings. The average molecular weight is 299 g/mol. The fourth-order valence-electron chi connectivity index (χ4n) is 2.28. The SMILES string of the molecule is CC(C)NC[C@@H](O)COC(c1ccccc1)c1ccccc1. The zero-order valence-electron chi connectivity index (χ0n) is 13.3. The lowest BCUT2D eigenvalue weighted by molar-refractivity contribution is 0.00598. The Morgan fingerprint density at radius 2 is 1.41 bits per heavy atom. The highest BCUT2D eigenvalue weighted by atomic mass is 16.5. The standard InChI is InChI=1S/C19H25NO2/c1-15(2)20-13-18(21)14-22-19(16-9-5-3-6-10-16)17-11-7-4-8-12-17/h3-12,15,18-21H,13-14H2,1-2H3/t18-/m1/s1. The molecule has 2 aromatic carbocycles. The van der Waals surface area contributed by atoms with E-state index in [1.54, 1.807) is 0 Å². The van der Waals surface area contributed by atoms with Crippen LogP contribution in [0.3, 0.4) is 0 Å². The quantitative estimate of drug-likeness (QED) is 0.787. The van der Waals surface area contributed by atoms with E-state index in [9.17, 15) is 5.11 Å². The Bertz CT molecular complexity index is 488. The molecule has 0 radical (unpaired) electrons. The summed E-state index contributed by atoms with van der Waals surface area (Å²) in [5.41, 5.74) is 2.19. The highest BCUT2D eigenvalue weighted by Gasteiger charge is 2.16. The Kier molecular flexibility index (Phi) is 6.59. The van der Waals surface area contributed by atoms with Crippen molar-refractivity contribution >= 4 is 0 Å². The molecule has 3 heteroatoms. The Labute approximate surface area is 133 Å². The highest BCUT2D eigenvalue weighted by molar-refractivity contribution is 5.29. The summed E-state index contributed by atoms with van der Waals surface area (Å²) in [6, 6.07) is 20.6. The number of aliphatic hydroxyl groups excluding tert-OH is 1. The Hall–Kier alpha value is -1.68. The maximum absolute atomic E-state index is 10.1. The lowest BCUT2D eigenvalue weighted by Crippen LogP contribution is -2.34. The van der Waals surface area contributed by atoms with Gasteiger partial charge in [0, 0.05) is 12.6 Å². The van der Waals surface area contributed by atoms with Gasteiger partial charge in [0.15, 0.2) is 0 Å². The summed E-state index contributed by atoms with van der Waals surface area (Å²) in [4.78, 5) is 0. The van der Waals surface area contributed by atoms with Crippen LogP contribution in [0.4, 0.5) is 0 Å². The van der Waals surface area contributed by atoms with E-state index in [1.807, 2.05) is 36.4 Å². The minimum absolute atomic E-state index is 0.156. The molecule has 0 unspecified atom stereocenters. The monoisotopic (exact) mass is 299 g/mol. The zero-order valence-corrected chi connectivity index (χ0v) is 13.3. The number of benzene rings is 2. The molecule has 0 aliphatic rings. The highest BCUT2D eigenvalue weighted by Crippen LogP contribution is 2.25. The van der Waals surface area contributed by atoms with Gasteiger partial charge in [-0.1, -0.05) is 74.5 Å². The van der Waals surface area contributed by atoms with Crippen LogP contribution >= 0.6 is 0 Å². The van der Waals surface area contributed by atoms with E-state index < -0.39 is 6.10 Å².